The maximum Gasteiger partial charge on any atom is 0.258 e. The normalized spacial score (nSPS) is 17.2. The molecule has 5 rings (SSSR count). The number of likely N-dealkylation sites (N-methyl/N-ethyl adjacent to an activating group) is 1. The second-order valence-corrected chi connectivity index (χ2v) is 8.90. The molecule has 2 heterocycles. The predicted octanol–water partition coefficient (Wildman–Crippen LogP) is 5.75. The number of rotatable bonds is 5. The zero-order valence-corrected chi connectivity index (χ0v) is 20.2. The molecule has 2 amide bonds. The molecule has 0 saturated carbocycles. The van der Waals surface area contributed by atoms with E-state index in [1.165, 1.54) is 0 Å². The van der Waals surface area contributed by atoms with Crippen LogP contribution >= 0.6 is 0 Å². The van der Waals surface area contributed by atoms with E-state index in [1.54, 1.807) is 31.4 Å². The molecule has 0 radical (unpaired) electrons. The summed E-state index contributed by atoms with van der Waals surface area (Å²) in [5.74, 6) is 0.339. The Labute approximate surface area is 205 Å². The van der Waals surface area contributed by atoms with Crippen molar-refractivity contribution in [2.24, 2.45) is 0 Å². The molecule has 0 aliphatic carbocycles. The van der Waals surface area contributed by atoms with Gasteiger partial charge in [-0.25, -0.2) is 0 Å². The number of fused-ring (bicyclic) bond motifs is 2. The minimum Gasteiger partial charge on any atom is -0.497 e. The molecule has 0 saturated heterocycles. The zero-order valence-electron chi connectivity index (χ0n) is 20.2. The highest BCUT2D eigenvalue weighted by atomic mass is 16.5. The first-order valence-electron chi connectivity index (χ1n) is 12.0. The van der Waals surface area contributed by atoms with E-state index in [9.17, 15) is 9.59 Å². The van der Waals surface area contributed by atoms with Gasteiger partial charge in [0.1, 0.15) is 5.75 Å². The Morgan fingerprint density at radius 3 is 2.54 bits per heavy atom. The summed E-state index contributed by atoms with van der Waals surface area (Å²) in [6.45, 7) is 4.58. The Morgan fingerprint density at radius 1 is 1.03 bits per heavy atom. The molecule has 0 bridgehead atoms. The van der Waals surface area contributed by atoms with Crippen molar-refractivity contribution in [3.63, 3.8) is 0 Å². The monoisotopic (exact) mass is 467 g/mol. The molecular formula is C29H29N3O3. The van der Waals surface area contributed by atoms with Crippen LogP contribution in [-0.2, 0) is 4.79 Å². The second-order valence-electron chi connectivity index (χ2n) is 8.90. The summed E-state index contributed by atoms with van der Waals surface area (Å²) in [5, 5.41) is 1.02. The Balaban J connectivity index is 1.51. The summed E-state index contributed by atoms with van der Waals surface area (Å²) in [6, 6.07) is 22.8. The number of hydrogen-bond donors (Lipinski definition) is 1. The first kappa shape index (κ1) is 22.7. The van der Waals surface area contributed by atoms with Gasteiger partial charge in [0.05, 0.1) is 18.7 Å². The van der Waals surface area contributed by atoms with Crippen LogP contribution in [0.25, 0.3) is 10.9 Å². The number of H-pyrrole nitrogens is 1. The molecule has 178 valence electrons. The molecule has 4 aromatic rings. The van der Waals surface area contributed by atoms with Gasteiger partial charge in [0, 0.05) is 40.9 Å². The number of amides is 2. The molecule has 1 N–H and O–H groups in total. The summed E-state index contributed by atoms with van der Waals surface area (Å²) < 4.78 is 5.23. The fraction of sp³-hybridized carbons (Fsp3) is 0.241. The van der Waals surface area contributed by atoms with Crippen molar-refractivity contribution >= 4 is 34.1 Å². The number of aromatic nitrogens is 1. The molecule has 6 heteroatoms. The number of carbonyl (C=O) groups is 2. The number of nitrogens with one attached hydrogen (secondary N) is 1. The molecule has 3 aromatic carbocycles. The summed E-state index contributed by atoms with van der Waals surface area (Å²) in [6.07, 6.45) is 2.45. The minimum absolute atomic E-state index is 0.0528. The zero-order chi connectivity index (χ0) is 24.5. The quantitative estimate of drug-likeness (QED) is 0.406. The highest BCUT2D eigenvalue weighted by molar-refractivity contribution is 6.10. The van der Waals surface area contributed by atoms with Gasteiger partial charge in [0.25, 0.3) is 5.91 Å². The van der Waals surface area contributed by atoms with Gasteiger partial charge >= 0.3 is 0 Å². The number of benzene rings is 3. The maximum absolute atomic E-state index is 14.0. The molecule has 6 nitrogen and oxygen atoms in total. The van der Waals surface area contributed by atoms with Crippen molar-refractivity contribution in [1.82, 2.24) is 4.98 Å². The molecule has 0 unspecified atom stereocenters. The smallest absolute Gasteiger partial charge is 0.258 e. The van der Waals surface area contributed by atoms with Crippen molar-refractivity contribution < 1.29 is 14.3 Å². The number of anilines is 2. The summed E-state index contributed by atoms with van der Waals surface area (Å²) >= 11 is 0. The fourth-order valence-electron chi connectivity index (χ4n) is 5.17. The third kappa shape index (κ3) is 3.95. The largest absolute Gasteiger partial charge is 0.497 e. The van der Waals surface area contributed by atoms with Crippen LogP contribution in [0.15, 0.2) is 79.0 Å². The number of nitrogens with zero attached hydrogens (tertiary/aromatic N) is 2. The van der Waals surface area contributed by atoms with Crippen LogP contribution in [0, 0.1) is 0 Å². The predicted molar refractivity (Wildman–Crippen MR) is 139 cm³/mol. The van der Waals surface area contributed by atoms with Gasteiger partial charge in [0.2, 0.25) is 5.91 Å². The number of hydrogen-bond acceptors (Lipinski definition) is 3. The molecule has 1 aromatic heterocycles. The lowest BCUT2D eigenvalue weighted by Crippen LogP contribution is -2.46. The average Bonchev–Trinajstić information content (AvgIpc) is 3.38. The molecule has 0 fully saturated rings. The SMILES string of the molecule is CCN(C(=O)[C@@H]1C[C@@H](C)N(C(=O)c2ccc(OC)cc2)c2ccccc21)c1cccc2[nH]ccc12. The molecule has 1 aliphatic heterocycles. The van der Waals surface area contributed by atoms with E-state index in [0.717, 1.165) is 27.8 Å². The van der Waals surface area contributed by atoms with Crippen molar-refractivity contribution in [2.45, 2.75) is 32.2 Å². The average molecular weight is 468 g/mol. The number of carbonyl (C=O) groups excluding carboxylic acids is 2. The van der Waals surface area contributed by atoms with Crippen molar-refractivity contribution in [3.8, 4) is 5.75 Å². The van der Waals surface area contributed by atoms with Crippen LogP contribution in [0.2, 0.25) is 0 Å². The van der Waals surface area contributed by atoms with E-state index in [0.29, 0.717) is 24.3 Å². The van der Waals surface area contributed by atoms with E-state index in [2.05, 4.69) is 4.98 Å². The van der Waals surface area contributed by atoms with E-state index in [1.807, 2.05) is 78.4 Å². The number of para-hydroxylation sites is 1. The summed E-state index contributed by atoms with van der Waals surface area (Å²) in [4.78, 5) is 34.5. The van der Waals surface area contributed by atoms with Crippen LogP contribution in [0.4, 0.5) is 11.4 Å². The van der Waals surface area contributed by atoms with Gasteiger partial charge in [-0.05, 0) is 74.4 Å². The number of methoxy groups -OCH3 is 1. The highest BCUT2D eigenvalue weighted by Crippen LogP contribution is 2.41. The standard InChI is InChI=1S/C29H29N3O3/c1-4-31(26-11-7-9-25-23(26)16-17-30-25)29(34)24-18-19(2)32(27-10-6-5-8-22(24)27)28(33)20-12-14-21(35-3)15-13-20/h5-17,19,24,30H,4,18H2,1-3H3/t19-,24-/m1/s1. The van der Waals surface area contributed by atoms with E-state index in [4.69, 9.17) is 4.74 Å². The fourth-order valence-corrected chi connectivity index (χ4v) is 5.17. The van der Waals surface area contributed by atoms with E-state index >= 15 is 0 Å². The summed E-state index contributed by atoms with van der Waals surface area (Å²) in [5.41, 5.74) is 4.17. The van der Waals surface area contributed by atoms with Crippen LogP contribution in [0.1, 0.15) is 42.1 Å². The van der Waals surface area contributed by atoms with Crippen molar-refractivity contribution in [2.75, 3.05) is 23.5 Å². The number of aromatic amines is 1. The lowest BCUT2D eigenvalue weighted by molar-refractivity contribution is -0.120. The molecule has 0 spiro atoms. The topological polar surface area (TPSA) is 65.6 Å². The van der Waals surface area contributed by atoms with Crippen molar-refractivity contribution in [1.29, 1.82) is 0 Å². The second kappa shape index (κ2) is 9.29. The Bertz CT molecular complexity index is 1380. The van der Waals surface area contributed by atoms with Crippen LogP contribution in [0.5, 0.6) is 5.75 Å². The minimum atomic E-state index is -0.338. The first-order valence-corrected chi connectivity index (χ1v) is 12.0. The molecule has 35 heavy (non-hydrogen) atoms. The Kier molecular flexibility index (Phi) is 6.03. The Hall–Kier alpha value is -4.06. The van der Waals surface area contributed by atoms with E-state index in [-0.39, 0.29) is 23.8 Å². The third-order valence-electron chi connectivity index (χ3n) is 6.89. The number of ether oxygens (including phenoxy) is 1. The third-order valence-corrected chi connectivity index (χ3v) is 6.89. The van der Waals surface area contributed by atoms with Crippen LogP contribution < -0.4 is 14.5 Å². The van der Waals surface area contributed by atoms with Gasteiger partial charge < -0.3 is 19.5 Å². The highest BCUT2D eigenvalue weighted by Gasteiger charge is 2.39. The van der Waals surface area contributed by atoms with Crippen molar-refractivity contribution in [3.05, 3.63) is 90.1 Å². The van der Waals surface area contributed by atoms with E-state index < -0.39 is 0 Å². The lowest BCUT2D eigenvalue weighted by Gasteiger charge is -2.40. The maximum atomic E-state index is 14.0. The molecule has 1 aliphatic rings. The molecule has 2 atom stereocenters. The van der Waals surface area contributed by atoms with Crippen LogP contribution in [0.3, 0.4) is 0 Å². The van der Waals surface area contributed by atoms with Gasteiger partial charge in [-0.2, -0.15) is 0 Å². The van der Waals surface area contributed by atoms with Gasteiger partial charge in [0.15, 0.2) is 0 Å². The van der Waals surface area contributed by atoms with Gasteiger partial charge in [-0.1, -0.05) is 24.3 Å². The van der Waals surface area contributed by atoms with Gasteiger partial charge in [-0.15, -0.1) is 0 Å². The lowest BCUT2D eigenvalue weighted by atomic mass is 9.84. The Morgan fingerprint density at radius 2 is 1.80 bits per heavy atom. The van der Waals surface area contributed by atoms with Crippen LogP contribution in [-0.4, -0.2) is 36.5 Å². The first-order chi connectivity index (χ1) is 17.0. The van der Waals surface area contributed by atoms with Gasteiger partial charge in [-0.3, -0.25) is 9.59 Å². The summed E-state index contributed by atoms with van der Waals surface area (Å²) in [7, 11) is 1.60. The molecular weight excluding hydrogens is 438 g/mol.